The molecular formula is C6H10NaO3. The second kappa shape index (κ2) is 7.12. The molecule has 0 aromatic heterocycles. The predicted octanol–water partition coefficient (Wildman–Crippen LogP) is 0.631. The van der Waals surface area contributed by atoms with Crippen LogP contribution in [0.25, 0.3) is 0 Å². The predicted molar refractivity (Wildman–Crippen MR) is 38.8 cm³/mol. The third kappa shape index (κ3) is 4.85. The van der Waals surface area contributed by atoms with Crippen molar-refractivity contribution < 1.29 is 14.6 Å². The average molecular weight is 153 g/mol. The first-order valence-corrected chi connectivity index (χ1v) is 2.70. The van der Waals surface area contributed by atoms with Crippen molar-refractivity contribution in [3.63, 3.8) is 0 Å². The summed E-state index contributed by atoms with van der Waals surface area (Å²) in [5.74, 6) is -0.472. The van der Waals surface area contributed by atoms with E-state index >= 15 is 0 Å². The standard InChI is InChI=1S/C6H10O3.Na/c1-3-9-6(8)5(2)4-7;/h4,7H,3H2,1-2H3;. The van der Waals surface area contributed by atoms with Gasteiger partial charge in [-0.1, -0.05) is 0 Å². The molecule has 0 unspecified atom stereocenters. The molecule has 0 aromatic rings. The van der Waals surface area contributed by atoms with Gasteiger partial charge in [-0.05, 0) is 13.8 Å². The molecule has 0 atom stereocenters. The van der Waals surface area contributed by atoms with Crippen LogP contribution in [0.5, 0.6) is 0 Å². The van der Waals surface area contributed by atoms with Gasteiger partial charge in [0, 0.05) is 29.6 Å². The van der Waals surface area contributed by atoms with E-state index in [-0.39, 0.29) is 35.1 Å². The second-order valence-corrected chi connectivity index (χ2v) is 1.53. The number of carbonyl (C=O) groups is 1. The molecule has 0 bridgehead atoms. The summed E-state index contributed by atoms with van der Waals surface area (Å²) in [6, 6.07) is 0. The largest absolute Gasteiger partial charge is 0.515 e. The number of ether oxygens (including phenoxy) is 1. The second-order valence-electron chi connectivity index (χ2n) is 1.53. The average Bonchev–Trinajstić information content (AvgIpc) is 1.87. The van der Waals surface area contributed by atoms with Crippen LogP contribution < -0.4 is 0 Å². The van der Waals surface area contributed by atoms with Crippen LogP contribution in [0.4, 0.5) is 0 Å². The van der Waals surface area contributed by atoms with E-state index in [1.54, 1.807) is 6.92 Å². The molecule has 10 heavy (non-hydrogen) atoms. The topological polar surface area (TPSA) is 46.5 Å². The zero-order valence-electron chi connectivity index (χ0n) is 6.55. The van der Waals surface area contributed by atoms with Gasteiger partial charge in [0.15, 0.2) is 0 Å². The van der Waals surface area contributed by atoms with Gasteiger partial charge in [-0.2, -0.15) is 0 Å². The molecule has 0 amide bonds. The molecule has 3 nitrogen and oxygen atoms in total. The van der Waals surface area contributed by atoms with Gasteiger partial charge in [0.05, 0.1) is 18.4 Å². The Balaban J connectivity index is 0. The van der Waals surface area contributed by atoms with Crippen LogP contribution in [0.1, 0.15) is 13.8 Å². The van der Waals surface area contributed by atoms with E-state index in [1.165, 1.54) is 6.92 Å². The summed E-state index contributed by atoms with van der Waals surface area (Å²) >= 11 is 0. The summed E-state index contributed by atoms with van der Waals surface area (Å²) in [6.07, 6.45) is 0.734. The summed E-state index contributed by atoms with van der Waals surface area (Å²) in [7, 11) is 0. The fraction of sp³-hybridized carbons (Fsp3) is 0.500. The number of hydrogen-bond donors (Lipinski definition) is 1. The smallest absolute Gasteiger partial charge is 0.336 e. The first kappa shape index (κ1) is 12.7. The molecule has 1 N–H and O–H groups in total. The Morgan fingerprint density at radius 3 is 2.50 bits per heavy atom. The Morgan fingerprint density at radius 1 is 1.70 bits per heavy atom. The Hall–Kier alpha value is 0.0100. The van der Waals surface area contributed by atoms with E-state index in [4.69, 9.17) is 5.11 Å². The Labute approximate surface area is 82.4 Å². The number of aliphatic hydroxyl groups is 1. The molecule has 0 aliphatic rings. The van der Waals surface area contributed by atoms with E-state index in [9.17, 15) is 4.79 Å². The van der Waals surface area contributed by atoms with Crippen LogP contribution in [0, 0.1) is 0 Å². The van der Waals surface area contributed by atoms with E-state index in [0.717, 1.165) is 6.26 Å². The zero-order chi connectivity index (χ0) is 7.28. The Bertz CT molecular complexity index is 131. The van der Waals surface area contributed by atoms with Gasteiger partial charge in [-0.15, -0.1) is 0 Å². The van der Waals surface area contributed by atoms with E-state index < -0.39 is 5.97 Å². The van der Waals surface area contributed by atoms with Crippen molar-refractivity contribution in [1.29, 1.82) is 0 Å². The van der Waals surface area contributed by atoms with Gasteiger partial charge in [0.1, 0.15) is 0 Å². The molecular weight excluding hydrogens is 143 g/mol. The molecule has 4 heteroatoms. The number of rotatable bonds is 2. The fourth-order valence-electron chi connectivity index (χ4n) is 0.298. The third-order valence-corrected chi connectivity index (χ3v) is 0.791. The van der Waals surface area contributed by atoms with Crippen LogP contribution >= 0.6 is 0 Å². The summed E-state index contributed by atoms with van der Waals surface area (Å²) < 4.78 is 4.53. The summed E-state index contributed by atoms with van der Waals surface area (Å²) in [4.78, 5) is 10.5. The number of carbonyl (C=O) groups excluding carboxylic acids is 1. The summed E-state index contributed by atoms with van der Waals surface area (Å²) in [5.41, 5.74) is 0.219. The van der Waals surface area contributed by atoms with E-state index in [2.05, 4.69) is 4.74 Å². The van der Waals surface area contributed by atoms with Crippen molar-refractivity contribution in [1.82, 2.24) is 0 Å². The van der Waals surface area contributed by atoms with Gasteiger partial charge in [-0.3, -0.25) is 0 Å². The molecule has 0 aromatic carbocycles. The van der Waals surface area contributed by atoms with Crippen LogP contribution in [-0.4, -0.2) is 47.2 Å². The maximum atomic E-state index is 10.5. The van der Waals surface area contributed by atoms with Crippen LogP contribution in [0.2, 0.25) is 0 Å². The van der Waals surface area contributed by atoms with Crippen LogP contribution in [0.3, 0.4) is 0 Å². The Kier molecular flexibility index (Phi) is 9.02. The first-order valence-electron chi connectivity index (χ1n) is 2.70. The molecule has 53 valence electrons. The van der Waals surface area contributed by atoms with Crippen molar-refractivity contribution in [2.24, 2.45) is 0 Å². The zero-order valence-corrected chi connectivity index (χ0v) is 8.55. The molecule has 1 radical (unpaired) electrons. The molecule has 0 aliphatic carbocycles. The molecule has 0 spiro atoms. The molecule has 0 saturated heterocycles. The van der Waals surface area contributed by atoms with Gasteiger partial charge in [-0.25, -0.2) is 4.79 Å². The third-order valence-electron chi connectivity index (χ3n) is 0.791. The molecule has 0 fully saturated rings. The van der Waals surface area contributed by atoms with Crippen molar-refractivity contribution in [3.8, 4) is 0 Å². The normalized spacial score (nSPS) is 10.0. The van der Waals surface area contributed by atoms with Gasteiger partial charge >= 0.3 is 5.97 Å². The number of aliphatic hydroxyl groups excluding tert-OH is 1. The van der Waals surface area contributed by atoms with Gasteiger partial charge in [0.25, 0.3) is 0 Å². The molecule has 0 aliphatic heterocycles. The Morgan fingerprint density at radius 2 is 2.20 bits per heavy atom. The van der Waals surface area contributed by atoms with Crippen LogP contribution in [-0.2, 0) is 9.53 Å². The number of hydrogen-bond acceptors (Lipinski definition) is 3. The first-order chi connectivity index (χ1) is 4.22. The quantitative estimate of drug-likeness (QED) is 0.274. The maximum absolute atomic E-state index is 10.5. The molecule has 0 rings (SSSR count). The monoisotopic (exact) mass is 153 g/mol. The van der Waals surface area contributed by atoms with Gasteiger partial charge in [0.2, 0.25) is 0 Å². The van der Waals surface area contributed by atoms with Crippen molar-refractivity contribution in [2.75, 3.05) is 6.61 Å². The van der Waals surface area contributed by atoms with Gasteiger partial charge < -0.3 is 9.84 Å². The SMILES string of the molecule is CCOC(=O)C(C)=CO.[Na]. The van der Waals surface area contributed by atoms with Crippen molar-refractivity contribution in [2.45, 2.75) is 13.8 Å². The van der Waals surface area contributed by atoms with Crippen molar-refractivity contribution >= 4 is 35.5 Å². The fourth-order valence-corrected chi connectivity index (χ4v) is 0.298. The van der Waals surface area contributed by atoms with E-state index in [0.29, 0.717) is 6.61 Å². The van der Waals surface area contributed by atoms with E-state index in [1.807, 2.05) is 0 Å². The summed E-state index contributed by atoms with van der Waals surface area (Å²) in [5, 5.41) is 8.27. The number of esters is 1. The van der Waals surface area contributed by atoms with Crippen molar-refractivity contribution in [3.05, 3.63) is 11.8 Å². The minimum absolute atomic E-state index is 0. The minimum Gasteiger partial charge on any atom is -0.515 e. The molecule has 0 saturated carbocycles. The minimum atomic E-state index is -0.472. The molecule has 0 heterocycles. The van der Waals surface area contributed by atoms with Crippen LogP contribution in [0.15, 0.2) is 11.8 Å². The summed E-state index contributed by atoms with van der Waals surface area (Å²) in [6.45, 7) is 3.53. The maximum Gasteiger partial charge on any atom is 0.336 e.